The molecule has 1 atom stereocenters. The molecule has 23 heavy (non-hydrogen) atoms. The first-order valence-corrected chi connectivity index (χ1v) is 8.57. The highest BCUT2D eigenvalue weighted by atomic mass is 16.5. The second kappa shape index (κ2) is 9.14. The van der Waals surface area contributed by atoms with Crippen LogP contribution in [0.1, 0.15) is 45.1 Å². The minimum Gasteiger partial charge on any atom is -0.462 e. The summed E-state index contributed by atoms with van der Waals surface area (Å²) in [5, 5.41) is 2.32. The number of ether oxygens (including phenoxy) is 1. The Morgan fingerprint density at radius 2 is 1.91 bits per heavy atom. The molecule has 0 N–H and O–H groups in total. The van der Waals surface area contributed by atoms with Crippen LogP contribution in [-0.2, 0) is 9.53 Å². The van der Waals surface area contributed by atoms with Crippen molar-refractivity contribution in [1.29, 1.82) is 0 Å². The van der Waals surface area contributed by atoms with Crippen LogP contribution in [0.5, 0.6) is 0 Å². The van der Waals surface area contributed by atoms with Crippen molar-refractivity contribution < 1.29 is 9.53 Å². The van der Waals surface area contributed by atoms with Gasteiger partial charge < -0.3 is 4.74 Å². The molecule has 0 radical (unpaired) electrons. The maximum atomic E-state index is 11.9. The molecule has 0 aromatic heterocycles. The molecule has 2 heteroatoms. The molecule has 2 rings (SSSR count). The number of unbranched alkanes of at least 4 members (excludes halogenated alkanes) is 1. The fourth-order valence-electron chi connectivity index (χ4n) is 2.70. The first-order chi connectivity index (χ1) is 11.2. The third-order valence-electron chi connectivity index (χ3n) is 4.23. The Morgan fingerprint density at radius 3 is 2.70 bits per heavy atom. The second-order valence-electron chi connectivity index (χ2n) is 5.95. The molecule has 2 aromatic carbocycles. The van der Waals surface area contributed by atoms with Gasteiger partial charge in [-0.15, -0.1) is 0 Å². The number of esters is 1. The lowest BCUT2D eigenvalue weighted by Gasteiger charge is -2.13. The van der Waals surface area contributed by atoms with E-state index in [1.165, 1.54) is 24.3 Å². The Labute approximate surface area is 139 Å². The lowest BCUT2D eigenvalue weighted by Crippen LogP contribution is -2.12. The molecule has 0 spiro atoms. The van der Waals surface area contributed by atoms with Crippen molar-refractivity contribution in [3.8, 4) is 0 Å². The molecule has 0 amide bonds. The Balaban J connectivity index is 1.95. The van der Waals surface area contributed by atoms with E-state index in [2.05, 4.69) is 32.0 Å². The van der Waals surface area contributed by atoms with Gasteiger partial charge in [-0.05, 0) is 34.8 Å². The Kier molecular flexibility index (Phi) is 6.86. The van der Waals surface area contributed by atoms with Crippen molar-refractivity contribution in [3.05, 3.63) is 54.1 Å². The number of benzene rings is 2. The van der Waals surface area contributed by atoms with Crippen LogP contribution >= 0.6 is 0 Å². The summed E-state index contributed by atoms with van der Waals surface area (Å²) in [6.45, 7) is 4.86. The van der Waals surface area contributed by atoms with Crippen LogP contribution in [0.2, 0.25) is 0 Å². The van der Waals surface area contributed by atoms with Crippen LogP contribution in [0.3, 0.4) is 0 Å². The summed E-state index contributed by atoms with van der Waals surface area (Å²) in [5.41, 5.74) is 1.04. The van der Waals surface area contributed by atoms with Crippen molar-refractivity contribution in [2.75, 3.05) is 6.61 Å². The first kappa shape index (κ1) is 17.3. The van der Waals surface area contributed by atoms with E-state index in [0.29, 0.717) is 12.5 Å². The average molecular weight is 310 g/mol. The van der Waals surface area contributed by atoms with Gasteiger partial charge >= 0.3 is 5.97 Å². The van der Waals surface area contributed by atoms with Gasteiger partial charge in [-0.3, -0.25) is 0 Å². The zero-order valence-corrected chi connectivity index (χ0v) is 14.1. The fraction of sp³-hybridized carbons (Fsp3) is 0.381. The van der Waals surface area contributed by atoms with Crippen LogP contribution in [0.4, 0.5) is 0 Å². The van der Waals surface area contributed by atoms with Crippen LogP contribution in [0.25, 0.3) is 16.8 Å². The highest BCUT2D eigenvalue weighted by Crippen LogP contribution is 2.19. The molecule has 0 aliphatic heterocycles. The van der Waals surface area contributed by atoms with Gasteiger partial charge in [-0.2, -0.15) is 0 Å². The average Bonchev–Trinajstić information content (AvgIpc) is 2.60. The van der Waals surface area contributed by atoms with Gasteiger partial charge in [0.2, 0.25) is 0 Å². The predicted molar refractivity (Wildman–Crippen MR) is 97.2 cm³/mol. The number of carbonyl (C=O) groups excluding carboxylic acids is 1. The SMILES string of the molecule is CCCCC(CC)COC(=O)/C=C/c1cccc2ccccc12. The molecule has 0 aliphatic carbocycles. The second-order valence-corrected chi connectivity index (χ2v) is 5.95. The normalized spacial score (nSPS) is 12.6. The molecule has 0 bridgehead atoms. The highest BCUT2D eigenvalue weighted by Gasteiger charge is 2.08. The summed E-state index contributed by atoms with van der Waals surface area (Å²) in [6.07, 6.45) is 7.95. The van der Waals surface area contributed by atoms with Gasteiger partial charge in [-0.25, -0.2) is 4.79 Å². The molecule has 1 unspecified atom stereocenters. The molecule has 0 saturated carbocycles. The molecule has 0 aliphatic rings. The van der Waals surface area contributed by atoms with Crippen molar-refractivity contribution in [3.63, 3.8) is 0 Å². The van der Waals surface area contributed by atoms with E-state index in [9.17, 15) is 4.79 Å². The van der Waals surface area contributed by atoms with Crippen LogP contribution < -0.4 is 0 Å². The lowest BCUT2D eigenvalue weighted by atomic mass is 10.0. The third kappa shape index (κ3) is 5.24. The van der Waals surface area contributed by atoms with Crippen LogP contribution in [-0.4, -0.2) is 12.6 Å². The van der Waals surface area contributed by atoms with Crippen molar-refractivity contribution in [2.45, 2.75) is 39.5 Å². The predicted octanol–water partition coefficient (Wildman–Crippen LogP) is 5.61. The van der Waals surface area contributed by atoms with Crippen molar-refractivity contribution in [2.24, 2.45) is 5.92 Å². The molecule has 0 fully saturated rings. The van der Waals surface area contributed by atoms with E-state index in [4.69, 9.17) is 4.74 Å². The Hall–Kier alpha value is -2.09. The summed E-state index contributed by atoms with van der Waals surface area (Å²) in [5.74, 6) is 0.220. The van der Waals surface area contributed by atoms with Gasteiger partial charge in [0, 0.05) is 6.08 Å². The molecule has 122 valence electrons. The number of carbonyl (C=O) groups is 1. The summed E-state index contributed by atoms with van der Waals surface area (Å²) in [6, 6.07) is 14.3. The summed E-state index contributed by atoms with van der Waals surface area (Å²) >= 11 is 0. The van der Waals surface area contributed by atoms with E-state index in [-0.39, 0.29) is 5.97 Å². The molecule has 0 heterocycles. The molecule has 2 nitrogen and oxygen atoms in total. The number of hydrogen-bond donors (Lipinski definition) is 0. The Bertz CT molecular complexity index is 652. The van der Waals surface area contributed by atoms with Gasteiger partial charge in [-0.1, -0.05) is 75.6 Å². The molecular formula is C21H26O2. The highest BCUT2D eigenvalue weighted by molar-refractivity contribution is 5.94. The standard InChI is InChI=1S/C21H26O2/c1-3-5-9-17(4-2)16-23-21(22)15-14-19-12-8-11-18-10-6-7-13-20(18)19/h6-8,10-15,17H,3-5,9,16H2,1-2H3/b15-14+. The summed E-state index contributed by atoms with van der Waals surface area (Å²) < 4.78 is 5.40. The maximum Gasteiger partial charge on any atom is 0.330 e. The maximum absolute atomic E-state index is 11.9. The van der Waals surface area contributed by atoms with E-state index < -0.39 is 0 Å². The lowest BCUT2D eigenvalue weighted by molar-refractivity contribution is -0.139. The van der Waals surface area contributed by atoms with Gasteiger partial charge in [0.05, 0.1) is 6.61 Å². The first-order valence-electron chi connectivity index (χ1n) is 8.57. The number of fused-ring (bicyclic) bond motifs is 1. The van der Waals surface area contributed by atoms with E-state index in [1.807, 2.05) is 30.3 Å². The number of hydrogen-bond acceptors (Lipinski definition) is 2. The largest absolute Gasteiger partial charge is 0.462 e. The van der Waals surface area contributed by atoms with Gasteiger partial charge in [0.1, 0.15) is 0 Å². The molecular weight excluding hydrogens is 284 g/mol. The minimum atomic E-state index is -0.257. The summed E-state index contributed by atoms with van der Waals surface area (Å²) in [7, 11) is 0. The fourth-order valence-corrected chi connectivity index (χ4v) is 2.70. The van der Waals surface area contributed by atoms with Gasteiger partial charge in [0.25, 0.3) is 0 Å². The smallest absolute Gasteiger partial charge is 0.330 e. The van der Waals surface area contributed by atoms with Crippen molar-refractivity contribution >= 4 is 22.8 Å². The summed E-state index contributed by atoms with van der Waals surface area (Å²) in [4.78, 5) is 11.9. The van der Waals surface area contributed by atoms with E-state index in [1.54, 1.807) is 0 Å². The van der Waals surface area contributed by atoms with E-state index in [0.717, 1.165) is 23.8 Å². The monoisotopic (exact) mass is 310 g/mol. The zero-order chi connectivity index (χ0) is 16.5. The Morgan fingerprint density at radius 1 is 1.13 bits per heavy atom. The quantitative estimate of drug-likeness (QED) is 0.468. The molecule has 0 saturated heterocycles. The third-order valence-corrected chi connectivity index (χ3v) is 4.23. The van der Waals surface area contributed by atoms with Crippen LogP contribution in [0.15, 0.2) is 48.5 Å². The minimum absolute atomic E-state index is 0.257. The zero-order valence-electron chi connectivity index (χ0n) is 14.1. The molecule has 2 aromatic rings. The van der Waals surface area contributed by atoms with Crippen molar-refractivity contribution in [1.82, 2.24) is 0 Å². The van der Waals surface area contributed by atoms with E-state index >= 15 is 0 Å². The van der Waals surface area contributed by atoms with Crippen LogP contribution in [0, 0.1) is 5.92 Å². The number of rotatable bonds is 8. The topological polar surface area (TPSA) is 26.3 Å². The van der Waals surface area contributed by atoms with Gasteiger partial charge in [0.15, 0.2) is 0 Å².